The summed E-state index contributed by atoms with van der Waals surface area (Å²) >= 11 is 12.0. The lowest BCUT2D eigenvalue weighted by atomic mass is 10.0. The van der Waals surface area contributed by atoms with Gasteiger partial charge >= 0.3 is 0 Å². The summed E-state index contributed by atoms with van der Waals surface area (Å²) in [5.41, 5.74) is 7.04. The Balaban J connectivity index is 0.00000112. The summed E-state index contributed by atoms with van der Waals surface area (Å²) in [4.78, 5) is 0. The maximum atomic E-state index is 6.08. The van der Waals surface area contributed by atoms with Gasteiger partial charge in [-0.05, 0) is 24.0 Å². The van der Waals surface area contributed by atoms with Crippen molar-refractivity contribution in [3.8, 4) is 0 Å². The van der Waals surface area contributed by atoms with Crippen molar-refractivity contribution in [2.24, 2.45) is 11.7 Å². The molecule has 0 unspecified atom stereocenters. The van der Waals surface area contributed by atoms with E-state index in [0.29, 0.717) is 10.0 Å². The molecule has 0 aromatic heterocycles. The first-order chi connectivity index (χ1) is 6.68. The van der Waals surface area contributed by atoms with Crippen molar-refractivity contribution < 1.29 is 0 Å². The Morgan fingerprint density at radius 2 is 2.00 bits per heavy atom. The van der Waals surface area contributed by atoms with Crippen LogP contribution in [0.5, 0.6) is 0 Å². The summed E-state index contributed by atoms with van der Waals surface area (Å²) in [6.45, 7) is 0. The van der Waals surface area contributed by atoms with Gasteiger partial charge in [0.15, 0.2) is 0 Å². The van der Waals surface area contributed by atoms with E-state index >= 15 is 0 Å². The molecule has 1 atom stereocenters. The standard InChI is InChI=1S/C11H13Cl2N.ClH/c12-9-3-1-2-8(11(9)13)10(14)6-7-4-5-7;/h1-3,7,10H,4-6,14H2;1H/t10-;/m1./s1. The van der Waals surface area contributed by atoms with Gasteiger partial charge in [0.25, 0.3) is 0 Å². The van der Waals surface area contributed by atoms with Crippen LogP contribution in [-0.4, -0.2) is 0 Å². The molecule has 1 aliphatic rings. The van der Waals surface area contributed by atoms with Gasteiger partial charge in [0, 0.05) is 6.04 Å². The Labute approximate surface area is 106 Å². The third-order valence-corrected chi connectivity index (χ3v) is 3.50. The first-order valence-electron chi connectivity index (χ1n) is 4.88. The normalized spacial score (nSPS) is 17.0. The summed E-state index contributed by atoms with van der Waals surface area (Å²) in [6.07, 6.45) is 3.65. The molecule has 1 aromatic rings. The van der Waals surface area contributed by atoms with E-state index in [1.165, 1.54) is 12.8 Å². The van der Waals surface area contributed by atoms with Crippen molar-refractivity contribution >= 4 is 35.6 Å². The third-order valence-electron chi connectivity index (χ3n) is 2.67. The van der Waals surface area contributed by atoms with E-state index < -0.39 is 0 Å². The van der Waals surface area contributed by atoms with Gasteiger partial charge in [0.1, 0.15) is 0 Å². The lowest BCUT2D eigenvalue weighted by molar-refractivity contribution is 0.597. The number of benzene rings is 1. The molecule has 0 saturated heterocycles. The minimum Gasteiger partial charge on any atom is -0.324 e. The van der Waals surface area contributed by atoms with Crippen LogP contribution in [0.15, 0.2) is 18.2 Å². The van der Waals surface area contributed by atoms with Crippen LogP contribution in [0.25, 0.3) is 0 Å². The van der Waals surface area contributed by atoms with Gasteiger partial charge in [-0.25, -0.2) is 0 Å². The minimum atomic E-state index is 0. The lowest BCUT2D eigenvalue weighted by Crippen LogP contribution is -2.11. The fourth-order valence-corrected chi connectivity index (χ4v) is 2.09. The fraction of sp³-hybridized carbons (Fsp3) is 0.455. The Kier molecular flexibility index (Phi) is 4.72. The number of hydrogen-bond donors (Lipinski definition) is 1. The van der Waals surface area contributed by atoms with Crippen LogP contribution < -0.4 is 5.73 Å². The lowest BCUT2D eigenvalue weighted by Gasteiger charge is -2.13. The maximum absolute atomic E-state index is 6.08. The van der Waals surface area contributed by atoms with Gasteiger partial charge in [0.2, 0.25) is 0 Å². The highest BCUT2D eigenvalue weighted by Crippen LogP contribution is 2.39. The smallest absolute Gasteiger partial charge is 0.0640 e. The van der Waals surface area contributed by atoms with Crippen molar-refractivity contribution in [3.05, 3.63) is 33.8 Å². The average Bonchev–Trinajstić information content (AvgIpc) is 2.93. The summed E-state index contributed by atoms with van der Waals surface area (Å²) in [6, 6.07) is 5.68. The Hall–Kier alpha value is 0.0500. The summed E-state index contributed by atoms with van der Waals surface area (Å²) in [5.74, 6) is 0.806. The van der Waals surface area contributed by atoms with Crippen LogP contribution in [0.3, 0.4) is 0 Å². The van der Waals surface area contributed by atoms with Crippen LogP contribution in [0.2, 0.25) is 10.0 Å². The third kappa shape index (κ3) is 3.25. The molecule has 0 radical (unpaired) electrons. The van der Waals surface area contributed by atoms with Gasteiger partial charge < -0.3 is 5.73 Å². The van der Waals surface area contributed by atoms with Crippen molar-refractivity contribution in [1.82, 2.24) is 0 Å². The molecule has 0 aliphatic heterocycles. The second-order valence-electron chi connectivity index (χ2n) is 3.93. The number of hydrogen-bond acceptors (Lipinski definition) is 1. The highest BCUT2D eigenvalue weighted by Gasteiger charge is 2.25. The first kappa shape index (κ1) is 13.1. The molecule has 0 spiro atoms. The fourth-order valence-electron chi connectivity index (χ4n) is 1.65. The highest BCUT2D eigenvalue weighted by atomic mass is 35.5. The average molecular weight is 267 g/mol. The minimum absolute atomic E-state index is 0. The van der Waals surface area contributed by atoms with Gasteiger partial charge in [0.05, 0.1) is 10.0 Å². The Morgan fingerprint density at radius 1 is 1.33 bits per heavy atom. The molecule has 15 heavy (non-hydrogen) atoms. The van der Waals surface area contributed by atoms with Gasteiger partial charge in [-0.1, -0.05) is 48.2 Å². The molecule has 1 nitrogen and oxygen atoms in total. The SMILES string of the molecule is Cl.N[C@H](CC1CC1)c1cccc(Cl)c1Cl. The first-order valence-corrected chi connectivity index (χ1v) is 5.63. The molecule has 0 amide bonds. The molecule has 1 aromatic carbocycles. The Bertz CT molecular complexity index is 337. The summed E-state index contributed by atoms with van der Waals surface area (Å²) in [7, 11) is 0. The molecule has 1 aliphatic carbocycles. The van der Waals surface area contributed by atoms with Crippen molar-refractivity contribution in [2.75, 3.05) is 0 Å². The van der Waals surface area contributed by atoms with E-state index in [4.69, 9.17) is 28.9 Å². The predicted octanol–water partition coefficient (Wildman–Crippen LogP) is 4.22. The quantitative estimate of drug-likeness (QED) is 0.871. The maximum Gasteiger partial charge on any atom is 0.0640 e. The van der Waals surface area contributed by atoms with Crippen LogP contribution in [0.1, 0.15) is 30.9 Å². The molecule has 0 heterocycles. The van der Waals surface area contributed by atoms with E-state index in [0.717, 1.165) is 17.9 Å². The van der Waals surface area contributed by atoms with Gasteiger partial charge in [-0.3, -0.25) is 0 Å². The molecule has 1 saturated carbocycles. The van der Waals surface area contributed by atoms with Gasteiger partial charge in [-0.15, -0.1) is 12.4 Å². The topological polar surface area (TPSA) is 26.0 Å². The molecule has 2 rings (SSSR count). The molecule has 84 valence electrons. The molecule has 0 bridgehead atoms. The second-order valence-corrected chi connectivity index (χ2v) is 4.71. The zero-order valence-electron chi connectivity index (χ0n) is 8.25. The second kappa shape index (κ2) is 5.40. The van der Waals surface area contributed by atoms with Crippen LogP contribution in [0, 0.1) is 5.92 Å². The largest absolute Gasteiger partial charge is 0.324 e. The molecule has 1 fully saturated rings. The van der Waals surface area contributed by atoms with Crippen LogP contribution >= 0.6 is 35.6 Å². The molecular formula is C11H14Cl3N. The molecule has 4 heteroatoms. The molecular weight excluding hydrogens is 252 g/mol. The number of rotatable bonds is 3. The van der Waals surface area contributed by atoms with Crippen LogP contribution in [-0.2, 0) is 0 Å². The highest BCUT2D eigenvalue weighted by molar-refractivity contribution is 6.42. The van der Waals surface area contributed by atoms with E-state index in [2.05, 4.69) is 0 Å². The van der Waals surface area contributed by atoms with Gasteiger partial charge in [-0.2, -0.15) is 0 Å². The number of nitrogens with two attached hydrogens (primary N) is 1. The molecule has 2 N–H and O–H groups in total. The van der Waals surface area contributed by atoms with E-state index in [-0.39, 0.29) is 18.4 Å². The monoisotopic (exact) mass is 265 g/mol. The van der Waals surface area contributed by atoms with E-state index in [1.807, 2.05) is 12.1 Å². The predicted molar refractivity (Wildman–Crippen MR) is 68.0 cm³/mol. The van der Waals surface area contributed by atoms with E-state index in [1.54, 1.807) is 6.07 Å². The van der Waals surface area contributed by atoms with Crippen molar-refractivity contribution in [3.63, 3.8) is 0 Å². The van der Waals surface area contributed by atoms with E-state index in [9.17, 15) is 0 Å². The van der Waals surface area contributed by atoms with Crippen molar-refractivity contribution in [2.45, 2.75) is 25.3 Å². The van der Waals surface area contributed by atoms with Crippen LogP contribution in [0.4, 0.5) is 0 Å². The number of halogens is 3. The zero-order chi connectivity index (χ0) is 10.1. The summed E-state index contributed by atoms with van der Waals surface area (Å²) in [5, 5.41) is 1.21. The zero-order valence-corrected chi connectivity index (χ0v) is 10.6. The van der Waals surface area contributed by atoms with Crippen molar-refractivity contribution in [1.29, 1.82) is 0 Å². The Morgan fingerprint density at radius 3 is 2.60 bits per heavy atom. The summed E-state index contributed by atoms with van der Waals surface area (Å²) < 4.78 is 0.